The van der Waals surface area contributed by atoms with Gasteiger partial charge in [0.05, 0.1) is 1.37 Å². The van der Waals surface area contributed by atoms with Crippen molar-refractivity contribution in [3.63, 3.8) is 0 Å². The average Bonchev–Trinajstić information content (AvgIpc) is 2.37. The van der Waals surface area contributed by atoms with Crippen molar-refractivity contribution in [1.82, 2.24) is 0 Å². The lowest BCUT2D eigenvalue weighted by atomic mass is 10.0. The van der Waals surface area contributed by atoms with Gasteiger partial charge in [-0.15, -0.1) is 0 Å². The van der Waals surface area contributed by atoms with E-state index in [0.717, 1.165) is 51.4 Å². The molecule has 1 N–H and O–H groups in total. The van der Waals surface area contributed by atoms with Crippen LogP contribution in [0.2, 0.25) is 0 Å². The van der Waals surface area contributed by atoms with Crippen LogP contribution < -0.4 is 0 Å². The lowest BCUT2D eigenvalue weighted by molar-refractivity contribution is 0.282. The van der Waals surface area contributed by atoms with Crippen LogP contribution in [0.25, 0.3) is 0 Å². The summed E-state index contributed by atoms with van der Waals surface area (Å²) in [6.45, 7) is 1.27. The number of rotatable bonds is 14. The van der Waals surface area contributed by atoms with Gasteiger partial charge in [0, 0.05) is 9.32 Å². The monoisotopic (exact) mass is 245 g/mol. The van der Waals surface area contributed by atoms with Crippen molar-refractivity contribution in [1.29, 1.82) is 0 Å². The predicted octanol–water partition coefficient (Wildman–Crippen LogP) is 5.46. The van der Waals surface area contributed by atoms with E-state index in [9.17, 15) is 0 Å². The first-order valence-corrected chi connectivity index (χ1v) is 7.58. The molecule has 0 aliphatic heterocycles. The lowest BCUT2D eigenvalue weighted by Gasteiger charge is -2.02. The minimum atomic E-state index is -0.969. The minimum Gasteiger partial charge on any atom is -0.396 e. The van der Waals surface area contributed by atoms with E-state index in [1.807, 2.05) is 0 Å². The third kappa shape index (κ3) is 16.0. The van der Waals surface area contributed by atoms with Crippen molar-refractivity contribution < 1.29 is 9.22 Å². The smallest absolute Gasteiger partial charge is 0.0564 e. The summed E-state index contributed by atoms with van der Waals surface area (Å²) in [6.07, 6.45) is 12.1. The quantitative estimate of drug-likeness (QED) is 0.403. The van der Waals surface area contributed by atoms with Gasteiger partial charge in [0.25, 0.3) is 0 Å². The highest BCUT2D eigenvalue weighted by atomic mass is 16.2. The molecule has 0 saturated carbocycles. The van der Waals surface area contributed by atoms with Crippen LogP contribution in [0.4, 0.5) is 0 Å². The average molecular weight is 245 g/mol. The Bertz CT molecular complexity index is 208. The summed E-state index contributed by atoms with van der Waals surface area (Å²) in [5, 5.41) is 8.81. The Kier molecular flexibility index (Phi) is 11.3. The highest BCUT2D eigenvalue weighted by Gasteiger charge is 1.93. The summed E-state index contributed by atoms with van der Waals surface area (Å²) in [6, 6.07) is 0. The van der Waals surface area contributed by atoms with Crippen LogP contribution in [0.15, 0.2) is 0 Å². The number of hydrogen-bond donors (Lipinski definition) is 1. The van der Waals surface area contributed by atoms with Crippen molar-refractivity contribution in [3.05, 3.63) is 0 Å². The molecule has 1 nitrogen and oxygen atoms in total. The maximum absolute atomic E-state index is 8.81. The fourth-order valence-electron chi connectivity index (χ4n) is 1.99. The van der Waals surface area contributed by atoms with Gasteiger partial charge in [-0.25, -0.2) is 0 Å². The number of aliphatic hydroxyl groups excluding tert-OH is 1. The molecule has 1 heteroatoms. The fraction of sp³-hybridized carbons (Fsp3) is 1.00. The largest absolute Gasteiger partial charge is 0.396 e. The molecule has 0 fully saturated rings. The Balaban J connectivity index is 3.34. The van der Waals surface area contributed by atoms with Crippen LogP contribution in [-0.2, 0) is 0 Å². The molecule has 104 valence electrons. The molecule has 0 aromatic heterocycles. The number of aliphatic hydroxyl groups is 1. The van der Waals surface area contributed by atoms with Crippen LogP contribution in [0.5, 0.6) is 0 Å². The second-order valence-corrected chi connectivity index (χ2v) is 4.90. The SMILES string of the molecule is [2H][C@@H](O)CCCCCCCCC([2H])([2H])CCCCCC. The van der Waals surface area contributed by atoms with Crippen molar-refractivity contribution in [2.24, 2.45) is 0 Å². The van der Waals surface area contributed by atoms with Gasteiger partial charge in [-0.3, -0.25) is 0 Å². The zero-order valence-corrected chi connectivity index (χ0v) is 11.7. The molecule has 0 heterocycles. The van der Waals surface area contributed by atoms with Crippen molar-refractivity contribution in [2.75, 3.05) is 6.58 Å². The predicted molar refractivity (Wildman–Crippen MR) is 77.4 cm³/mol. The maximum Gasteiger partial charge on any atom is 0.0564 e. The summed E-state index contributed by atoms with van der Waals surface area (Å²) in [5.41, 5.74) is 0. The van der Waals surface area contributed by atoms with Crippen LogP contribution >= 0.6 is 0 Å². The second kappa shape index (κ2) is 16.0. The molecule has 0 unspecified atom stereocenters. The fourth-order valence-corrected chi connectivity index (χ4v) is 1.99. The van der Waals surface area contributed by atoms with Crippen LogP contribution in [0.3, 0.4) is 0 Å². The Morgan fingerprint density at radius 1 is 0.647 bits per heavy atom. The van der Waals surface area contributed by atoms with E-state index >= 15 is 0 Å². The molecule has 0 bridgehead atoms. The van der Waals surface area contributed by atoms with Crippen LogP contribution in [0.1, 0.15) is 101 Å². The molecule has 0 aromatic rings. The maximum atomic E-state index is 8.81. The van der Waals surface area contributed by atoms with Gasteiger partial charge in [0.15, 0.2) is 0 Å². The van der Waals surface area contributed by atoms with Gasteiger partial charge in [0.2, 0.25) is 0 Å². The van der Waals surface area contributed by atoms with Gasteiger partial charge in [-0.2, -0.15) is 0 Å². The van der Waals surface area contributed by atoms with Crippen molar-refractivity contribution in [2.45, 2.75) is 96.8 Å². The van der Waals surface area contributed by atoms with Gasteiger partial charge < -0.3 is 5.11 Å². The van der Waals surface area contributed by atoms with E-state index in [-0.39, 0.29) is 0 Å². The number of hydrogen-bond acceptors (Lipinski definition) is 1. The first-order chi connectivity index (χ1) is 9.48. The van der Waals surface area contributed by atoms with Crippen molar-refractivity contribution >= 4 is 0 Å². The van der Waals surface area contributed by atoms with E-state index in [4.69, 9.17) is 9.22 Å². The van der Waals surface area contributed by atoms with E-state index in [0.29, 0.717) is 19.3 Å². The van der Waals surface area contributed by atoms with Gasteiger partial charge in [-0.05, 0) is 6.42 Å². The zero-order valence-electron chi connectivity index (χ0n) is 14.7. The molecule has 0 rings (SSSR count). The molecule has 0 radical (unpaired) electrons. The van der Waals surface area contributed by atoms with E-state index in [1.165, 1.54) is 12.8 Å². The summed E-state index contributed by atoms with van der Waals surface area (Å²) < 4.78 is 22.9. The summed E-state index contributed by atoms with van der Waals surface area (Å²) in [5.74, 6) is 0. The highest BCUT2D eigenvalue weighted by Crippen LogP contribution is 2.12. The third-order valence-corrected chi connectivity index (χ3v) is 3.14. The minimum absolute atomic E-state index is 0.584. The molecule has 0 spiro atoms. The van der Waals surface area contributed by atoms with E-state index in [2.05, 4.69) is 6.92 Å². The van der Waals surface area contributed by atoms with Gasteiger partial charge in [-0.1, -0.05) is 90.3 Å². The van der Waals surface area contributed by atoms with Crippen LogP contribution in [0, 0.1) is 0 Å². The van der Waals surface area contributed by atoms with Gasteiger partial charge in [0.1, 0.15) is 0 Å². The first kappa shape index (κ1) is 12.0. The molecule has 17 heavy (non-hydrogen) atoms. The molecule has 0 aromatic carbocycles. The Labute approximate surface area is 113 Å². The third-order valence-electron chi connectivity index (χ3n) is 3.14. The Morgan fingerprint density at radius 3 is 1.53 bits per heavy atom. The van der Waals surface area contributed by atoms with E-state index < -0.39 is 13.0 Å². The zero-order chi connectivity index (χ0) is 15.3. The summed E-state index contributed by atoms with van der Waals surface area (Å²) in [4.78, 5) is 0. The van der Waals surface area contributed by atoms with Crippen molar-refractivity contribution in [3.8, 4) is 0 Å². The topological polar surface area (TPSA) is 20.2 Å². The summed E-state index contributed by atoms with van der Waals surface area (Å²) >= 11 is 0. The van der Waals surface area contributed by atoms with Crippen LogP contribution in [-0.4, -0.2) is 11.7 Å². The molecule has 0 aliphatic carbocycles. The molecule has 0 amide bonds. The lowest BCUT2D eigenvalue weighted by Crippen LogP contribution is -1.84. The van der Waals surface area contributed by atoms with Gasteiger partial charge >= 0.3 is 0 Å². The highest BCUT2D eigenvalue weighted by molar-refractivity contribution is 4.48. The number of unbranched alkanes of at least 4 members (excludes halogenated alkanes) is 8. The Hall–Kier alpha value is -0.0400. The molecule has 0 saturated heterocycles. The molecular formula is C16H34O. The molecule has 0 aliphatic rings. The Morgan fingerprint density at radius 2 is 1.06 bits per heavy atom. The molecule has 1 atom stereocenters. The standard InChI is InChI=1S/C16H34O/c1-2-3-4-5-6-7-8-9-10-11-12-13-14-15-16-17/h17H,2-16H2,1H3/i7D2,16D/t16-/m1/s1. The second-order valence-electron chi connectivity index (χ2n) is 4.90. The molecular weight excluding hydrogens is 208 g/mol. The summed E-state index contributed by atoms with van der Waals surface area (Å²) in [7, 11) is 0. The van der Waals surface area contributed by atoms with E-state index in [1.54, 1.807) is 0 Å². The normalized spacial score (nSPS) is 16.2. The first-order valence-electron chi connectivity index (χ1n) is 9.16.